The minimum Gasteiger partial charge on any atom is -0.504 e. The molecule has 0 aromatic heterocycles. The Hall–Kier alpha value is -3.02. The lowest BCUT2D eigenvalue weighted by Gasteiger charge is -2.01. The average molecular weight is 271 g/mol. The number of carbonyl (C=O) groups is 1. The lowest BCUT2D eigenvalue weighted by molar-refractivity contribution is 0.0955. The molecule has 0 aliphatic rings. The first kappa shape index (κ1) is 13.4. The summed E-state index contributed by atoms with van der Waals surface area (Å²) < 4.78 is 0. The number of phenols is 2. The molecule has 0 atom stereocenters. The fraction of sp³-hybridized carbons (Fsp3) is 0. The lowest BCUT2D eigenvalue weighted by atomic mass is 10.2. The van der Waals surface area contributed by atoms with E-state index < -0.39 is 0 Å². The molecule has 2 aromatic rings. The highest BCUT2D eigenvalue weighted by Crippen LogP contribution is 2.23. The Labute approximate surface area is 115 Å². The van der Waals surface area contributed by atoms with Crippen molar-refractivity contribution in [3.05, 3.63) is 53.6 Å². The van der Waals surface area contributed by atoms with E-state index in [1.165, 1.54) is 18.3 Å². The first-order chi connectivity index (χ1) is 9.56. The van der Waals surface area contributed by atoms with Gasteiger partial charge in [0.25, 0.3) is 5.91 Å². The Kier molecular flexibility index (Phi) is 3.85. The molecule has 2 rings (SSSR count). The number of amides is 1. The number of nitrogens with zero attached hydrogens (tertiary/aromatic N) is 1. The SMILES string of the molecule is Nc1ccc(C(=O)N/N=C\c2ccc(O)c(O)c2)cc1. The second-order valence-corrected chi connectivity index (χ2v) is 4.07. The van der Waals surface area contributed by atoms with E-state index >= 15 is 0 Å². The van der Waals surface area contributed by atoms with Crippen molar-refractivity contribution in [3.63, 3.8) is 0 Å². The number of phenolic OH excluding ortho intramolecular Hbond substituents is 2. The summed E-state index contributed by atoms with van der Waals surface area (Å²) in [6, 6.07) is 10.6. The van der Waals surface area contributed by atoms with Crippen molar-refractivity contribution >= 4 is 17.8 Å². The third kappa shape index (κ3) is 3.26. The lowest BCUT2D eigenvalue weighted by Crippen LogP contribution is -2.17. The number of hydrogen-bond donors (Lipinski definition) is 4. The van der Waals surface area contributed by atoms with E-state index in [1.54, 1.807) is 30.3 Å². The molecule has 5 N–H and O–H groups in total. The van der Waals surface area contributed by atoms with Crippen molar-refractivity contribution in [2.45, 2.75) is 0 Å². The summed E-state index contributed by atoms with van der Waals surface area (Å²) in [5.74, 6) is -0.837. The van der Waals surface area contributed by atoms with Crippen LogP contribution in [0, 0.1) is 0 Å². The molecule has 0 aliphatic carbocycles. The van der Waals surface area contributed by atoms with Gasteiger partial charge >= 0.3 is 0 Å². The van der Waals surface area contributed by atoms with Crippen LogP contribution in [0.3, 0.4) is 0 Å². The molecule has 0 spiro atoms. The number of benzene rings is 2. The minimum absolute atomic E-state index is 0.215. The predicted molar refractivity (Wildman–Crippen MR) is 75.7 cm³/mol. The Morgan fingerprint density at radius 1 is 1.10 bits per heavy atom. The average Bonchev–Trinajstić information content (AvgIpc) is 2.43. The number of nitrogen functional groups attached to an aromatic ring is 1. The number of carbonyl (C=O) groups excluding carboxylic acids is 1. The molecular formula is C14H13N3O3. The summed E-state index contributed by atoms with van der Waals surface area (Å²) >= 11 is 0. The van der Waals surface area contributed by atoms with Crippen molar-refractivity contribution in [2.75, 3.05) is 5.73 Å². The van der Waals surface area contributed by atoms with Gasteiger partial charge in [0.15, 0.2) is 11.5 Å². The number of nitrogens with two attached hydrogens (primary N) is 1. The normalized spacial score (nSPS) is 10.6. The van der Waals surface area contributed by atoms with Gasteiger partial charge in [-0.15, -0.1) is 0 Å². The largest absolute Gasteiger partial charge is 0.504 e. The number of rotatable bonds is 3. The van der Waals surface area contributed by atoms with Crippen LogP contribution in [-0.2, 0) is 0 Å². The van der Waals surface area contributed by atoms with Gasteiger partial charge in [0, 0.05) is 11.3 Å². The number of hydrogen-bond acceptors (Lipinski definition) is 5. The maximum Gasteiger partial charge on any atom is 0.271 e. The van der Waals surface area contributed by atoms with Crippen LogP contribution < -0.4 is 11.2 Å². The van der Waals surface area contributed by atoms with Crippen LogP contribution in [-0.4, -0.2) is 22.3 Å². The van der Waals surface area contributed by atoms with Crippen molar-refractivity contribution in [2.24, 2.45) is 5.10 Å². The first-order valence-electron chi connectivity index (χ1n) is 5.77. The molecule has 0 bridgehead atoms. The van der Waals surface area contributed by atoms with Crippen LogP contribution in [0.15, 0.2) is 47.6 Å². The molecule has 0 heterocycles. The van der Waals surface area contributed by atoms with Crippen LogP contribution >= 0.6 is 0 Å². The summed E-state index contributed by atoms with van der Waals surface area (Å²) in [7, 11) is 0. The Bertz CT molecular complexity index is 651. The molecular weight excluding hydrogens is 258 g/mol. The smallest absolute Gasteiger partial charge is 0.271 e. The quantitative estimate of drug-likeness (QED) is 0.293. The van der Waals surface area contributed by atoms with Crippen molar-refractivity contribution in [1.29, 1.82) is 0 Å². The van der Waals surface area contributed by atoms with E-state index in [1.807, 2.05) is 0 Å². The van der Waals surface area contributed by atoms with Crippen molar-refractivity contribution in [1.82, 2.24) is 5.43 Å². The number of anilines is 1. The van der Waals surface area contributed by atoms with Gasteiger partial charge in [-0.2, -0.15) is 5.10 Å². The fourth-order valence-corrected chi connectivity index (χ4v) is 1.49. The zero-order chi connectivity index (χ0) is 14.5. The number of aromatic hydroxyl groups is 2. The predicted octanol–water partition coefficient (Wildman–Crippen LogP) is 1.44. The first-order valence-corrected chi connectivity index (χ1v) is 5.77. The van der Waals surface area contributed by atoms with E-state index in [-0.39, 0.29) is 17.4 Å². The highest BCUT2D eigenvalue weighted by molar-refractivity contribution is 5.95. The molecule has 0 fully saturated rings. The fourth-order valence-electron chi connectivity index (χ4n) is 1.49. The van der Waals surface area contributed by atoms with Gasteiger partial charge in [-0.25, -0.2) is 5.43 Å². The maximum atomic E-state index is 11.7. The molecule has 1 amide bonds. The molecule has 6 heteroatoms. The zero-order valence-corrected chi connectivity index (χ0v) is 10.4. The molecule has 0 aliphatic heterocycles. The monoisotopic (exact) mass is 271 g/mol. The van der Waals surface area contributed by atoms with Gasteiger partial charge in [-0.05, 0) is 48.0 Å². The zero-order valence-electron chi connectivity index (χ0n) is 10.4. The molecule has 0 saturated heterocycles. The van der Waals surface area contributed by atoms with Crippen LogP contribution in [0.25, 0.3) is 0 Å². The molecule has 20 heavy (non-hydrogen) atoms. The molecule has 6 nitrogen and oxygen atoms in total. The topological polar surface area (TPSA) is 108 Å². The highest BCUT2D eigenvalue weighted by Gasteiger charge is 2.03. The van der Waals surface area contributed by atoms with E-state index in [4.69, 9.17) is 10.8 Å². The number of nitrogens with one attached hydrogen (secondary N) is 1. The molecule has 102 valence electrons. The van der Waals surface area contributed by atoms with Gasteiger partial charge in [0.05, 0.1) is 6.21 Å². The maximum absolute atomic E-state index is 11.7. The van der Waals surface area contributed by atoms with E-state index in [2.05, 4.69) is 10.5 Å². The Morgan fingerprint density at radius 3 is 2.45 bits per heavy atom. The second-order valence-electron chi connectivity index (χ2n) is 4.07. The molecule has 0 radical (unpaired) electrons. The summed E-state index contributed by atoms with van der Waals surface area (Å²) in [5.41, 5.74) is 9.42. The summed E-state index contributed by atoms with van der Waals surface area (Å²) in [6.45, 7) is 0. The van der Waals surface area contributed by atoms with Gasteiger partial charge in [-0.1, -0.05) is 0 Å². The van der Waals surface area contributed by atoms with Crippen LogP contribution in [0.2, 0.25) is 0 Å². The van der Waals surface area contributed by atoms with E-state index in [0.29, 0.717) is 16.8 Å². The number of hydrazone groups is 1. The molecule has 2 aromatic carbocycles. The minimum atomic E-state index is -0.371. The van der Waals surface area contributed by atoms with E-state index in [0.717, 1.165) is 0 Å². The molecule has 0 saturated carbocycles. The summed E-state index contributed by atoms with van der Waals surface area (Å²) in [6.07, 6.45) is 1.36. The van der Waals surface area contributed by atoms with Gasteiger partial charge in [0.1, 0.15) is 0 Å². The van der Waals surface area contributed by atoms with Gasteiger partial charge in [-0.3, -0.25) is 4.79 Å². The van der Waals surface area contributed by atoms with Crippen LogP contribution in [0.5, 0.6) is 11.5 Å². The van der Waals surface area contributed by atoms with Crippen molar-refractivity contribution in [3.8, 4) is 11.5 Å². The van der Waals surface area contributed by atoms with Gasteiger partial charge in [0.2, 0.25) is 0 Å². The van der Waals surface area contributed by atoms with Crippen molar-refractivity contribution < 1.29 is 15.0 Å². The Morgan fingerprint density at radius 2 is 1.80 bits per heavy atom. The van der Waals surface area contributed by atoms with Gasteiger partial charge < -0.3 is 15.9 Å². The highest BCUT2D eigenvalue weighted by atomic mass is 16.3. The molecule has 0 unspecified atom stereocenters. The summed E-state index contributed by atoms with van der Waals surface area (Å²) in [5, 5.41) is 22.2. The van der Waals surface area contributed by atoms with E-state index in [9.17, 15) is 9.90 Å². The third-order valence-electron chi connectivity index (χ3n) is 2.55. The standard InChI is InChI=1S/C14H13N3O3/c15-11-4-2-10(3-5-11)14(20)17-16-8-9-1-6-12(18)13(19)7-9/h1-8,18-19H,15H2,(H,17,20)/b16-8-. The second kappa shape index (κ2) is 5.75. The van der Waals surface area contributed by atoms with Crippen LogP contribution in [0.1, 0.15) is 15.9 Å². The Balaban J connectivity index is 2.00. The third-order valence-corrected chi connectivity index (χ3v) is 2.55. The van der Waals surface area contributed by atoms with Crippen LogP contribution in [0.4, 0.5) is 5.69 Å². The summed E-state index contributed by atoms with van der Waals surface area (Å²) in [4.78, 5) is 11.7.